The van der Waals surface area contributed by atoms with Gasteiger partial charge in [0.05, 0.1) is 13.2 Å². The van der Waals surface area contributed by atoms with Crippen LogP contribution in [0, 0.1) is 0 Å². The first kappa shape index (κ1) is 22.2. The summed E-state index contributed by atoms with van der Waals surface area (Å²) in [7, 11) is 1.55. The molecule has 0 fully saturated rings. The molecule has 0 saturated heterocycles. The lowest BCUT2D eigenvalue weighted by atomic mass is 10.0. The van der Waals surface area contributed by atoms with Gasteiger partial charge in [0.15, 0.2) is 6.10 Å². The molecule has 0 spiro atoms. The third kappa shape index (κ3) is 7.43. The fourth-order valence-corrected chi connectivity index (χ4v) is 2.81. The molecule has 1 atom stereocenters. The molecule has 1 unspecified atom stereocenters. The number of rotatable bonds is 10. The number of carboxylic acids is 1. The molecule has 0 saturated carbocycles. The van der Waals surface area contributed by atoms with Gasteiger partial charge in [-0.25, -0.2) is 4.79 Å². The van der Waals surface area contributed by atoms with E-state index in [1.807, 2.05) is 36.4 Å². The second-order valence-electron chi connectivity index (χ2n) is 6.82. The molecule has 0 radical (unpaired) electrons. The van der Waals surface area contributed by atoms with E-state index < -0.39 is 12.1 Å². The Labute approximate surface area is 171 Å². The van der Waals surface area contributed by atoms with Crippen molar-refractivity contribution in [1.82, 2.24) is 5.32 Å². The summed E-state index contributed by atoms with van der Waals surface area (Å²) in [4.78, 5) is 23.6. The van der Waals surface area contributed by atoms with E-state index >= 15 is 0 Å². The van der Waals surface area contributed by atoms with Crippen molar-refractivity contribution in [2.45, 2.75) is 39.0 Å². The zero-order valence-electron chi connectivity index (χ0n) is 16.9. The van der Waals surface area contributed by atoms with Crippen molar-refractivity contribution in [3.63, 3.8) is 0 Å². The summed E-state index contributed by atoms with van der Waals surface area (Å²) in [5.41, 5.74) is 2.50. The average molecular weight is 397 g/mol. The van der Waals surface area contributed by atoms with Crippen LogP contribution in [-0.4, -0.2) is 36.3 Å². The maximum absolute atomic E-state index is 12.1. The second-order valence-corrected chi connectivity index (χ2v) is 6.82. The number of nitrogens with one attached hydrogen (secondary N) is 1. The third-order valence-corrected chi connectivity index (χ3v) is 4.16. The lowest BCUT2D eigenvalue weighted by molar-refractivity contribution is -0.153. The molecule has 154 valence electrons. The number of ether oxygens (including phenoxy) is 2. The van der Waals surface area contributed by atoms with E-state index in [-0.39, 0.29) is 25.0 Å². The highest BCUT2D eigenvalue weighted by atomic mass is 16.5. The van der Waals surface area contributed by atoms with E-state index in [2.05, 4.69) is 5.32 Å². The van der Waals surface area contributed by atoms with Crippen molar-refractivity contribution in [2.75, 3.05) is 7.11 Å². The molecule has 1 amide bonds. The predicted octanol–water partition coefficient (Wildman–Crippen LogP) is 3.45. The first-order valence-corrected chi connectivity index (χ1v) is 9.44. The van der Waals surface area contributed by atoms with E-state index in [1.165, 1.54) is 6.08 Å². The van der Waals surface area contributed by atoms with Crippen LogP contribution in [0.5, 0.6) is 5.75 Å². The standard InChI is InChI=1S/C23H27NO5/c1-16(2)29-21(23(26)27)14-18-9-11-20(28-3)19(13-18)15-24-22(25)12-10-17-7-5-4-6-8-17/h4-13,16,21H,14-15H2,1-3H3,(H,24,25)(H,26,27)/b12-10+. The van der Waals surface area contributed by atoms with Gasteiger partial charge in [0.25, 0.3) is 0 Å². The van der Waals surface area contributed by atoms with E-state index in [0.717, 1.165) is 16.7 Å². The highest BCUT2D eigenvalue weighted by Crippen LogP contribution is 2.21. The Morgan fingerprint density at radius 3 is 2.48 bits per heavy atom. The molecule has 0 aliphatic carbocycles. The molecule has 0 aliphatic heterocycles. The van der Waals surface area contributed by atoms with Crippen molar-refractivity contribution in [2.24, 2.45) is 0 Å². The second kappa shape index (κ2) is 11.0. The van der Waals surface area contributed by atoms with Gasteiger partial charge in [-0.05, 0) is 37.1 Å². The highest BCUT2D eigenvalue weighted by Gasteiger charge is 2.20. The van der Waals surface area contributed by atoms with Crippen molar-refractivity contribution in [3.8, 4) is 5.75 Å². The predicted molar refractivity (Wildman–Crippen MR) is 112 cm³/mol. The minimum absolute atomic E-state index is 0.190. The van der Waals surface area contributed by atoms with Crippen LogP contribution in [0.3, 0.4) is 0 Å². The van der Waals surface area contributed by atoms with Crippen LogP contribution in [0.15, 0.2) is 54.6 Å². The molecule has 6 heteroatoms. The number of benzene rings is 2. The Kier molecular flexibility index (Phi) is 8.43. The van der Waals surface area contributed by atoms with Crippen molar-refractivity contribution >= 4 is 18.0 Å². The van der Waals surface area contributed by atoms with Gasteiger partial charge in [0.2, 0.25) is 5.91 Å². The van der Waals surface area contributed by atoms with Crippen LogP contribution in [0.1, 0.15) is 30.5 Å². The van der Waals surface area contributed by atoms with Crippen LogP contribution < -0.4 is 10.1 Å². The largest absolute Gasteiger partial charge is 0.496 e. The van der Waals surface area contributed by atoms with Gasteiger partial charge in [-0.1, -0.05) is 42.5 Å². The zero-order chi connectivity index (χ0) is 21.2. The van der Waals surface area contributed by atoms with Gasteiger partial charge in [-0.3, -0.25) is 4.79 Å². The fraction of sp³-hybridized carbons (Fsp3) is 0.304. The minimum atomic E-state index is -1.00. The maximum atomic E-state index is 12.1. The number of carboxylic acid groups (broad SMARTS) is 1. The van der Waals surface area contributed by atoms with E-state index in [4.69, 9.17) is 9.47 Å². The molecular formula is C23H27NO5. The molecule has 0 aromatic heterocycles. The topological polar surface area (TPSA) is 84.9 Å². The molecule has 2 aromatic carbocycles. The summed E-state index contributed by atoms with van der Waals surface area (Å²) in [5.74, 6) is -0.610. The first-order valence-electron chi connectivity index (χ1n) is 9.44. The zero-order valence-corrected chi connectivity index (χ0v) is 16.9. The molecule has 2 rings (SSSR count). The molecule has 0 heterocycles. The van der Waals surface area contributed by atoms with Gasteiger partial charge >= 0.3 is 5.97 Å². The van der Waals surface area contributed by atoms with Gasteiger partial charge in [0.1, 0.15) is 5.75 Å². The Balaban J connectivity index is 2.05. The van der Waals surface area contributed by atoms with Gasteiger partial charge in [0, 0.05) is 24.6 Å². The van der Waals surface area contributed by atoms with Crippen LogP contribution in [0.4, 0.5) is 0 Å². The van der Waals surface area contributed by atoms with E-state index in [1.54, 1.807) is 39.2 Å². The van der Waals surface area contributed by atoms with Gasteiger partial charge in [-0.2, -0.15) is 0 Å². The number of methoxy groups -OCH3 is 1. The average Bonchev–Trinajstić information content (AvgIpc) is 2.70. The monoisotopic (exact) mass is 397 g/mol. The van der Waals surface area contributed by atoms with Gasteiger partial charge < -0.3 is 19.9 Å². The van der Waals surface area contributed by atoms with Crippen molar-refractivity contribution < 1.29 is 24.2 Å². The SMILES string of the molecule is COc1ccc(CC(OC(C)C)C(=O)O)cc1CNC(=O)/C=C/c1ccccc1. The lowest BCUT2D eigenvalue weighted by Crippen LogP contribution is -2.29. The summed E-state index contributed by atoms with van der Waals surface area (Å²) < 4.78 is 10.8. The number of carbonyl (C=O) groups excluding carboxylic acids is 1. The fourth-order valence-electron chi connectivity index (χ4n) is 2.81. The van der Waals surface area contributed by atoms with Crippen LogP contribution in [-0.2, 0) is 27.3 Å². The quantitative estimate of drug-likeness (QED) is 0.600. The Hall–Kier alpha value is -3.12. The number of amides is 1. The molecule has 2 N–H and O–H groups in total. The summed E-state index contributed by atoms with van der Waals surface area (Å²) in [6.07, 6.45) is 2.32. The lowest BCUT2D eigenvalue weighted by Gasteiger charge is -2.17. The molecule has 29 heavy (non-hydrogen) atoms. The van der Waals surface area contributed by atoms with Crippen molar-refractivity contribution in [1.29, 1.82) is 0 Å². The molecule has 0 aliphatic rings. The number of hydrogen-bond donors (Lipinski definition) is 2. The van der Waals surface area contributed by atoms with Gasteiger partial charge in [-0.15, -0.1) is 0 Å². The molecule has 2 aromatic rings. The van der Waals surface area contributed by atoms with Crippen LogP contribution in [0.25, 0.3) is 6.08 Å². The third-order valence-electron chi connectivity index (χ3n) is 4.16. The summed E-state index contributed by atoms with van der Waals surface area (Å²) in [6, 6.07) is 15.0. The maximum Gasteiger partial charge on any atom is 0.333 e. The van der Waals surface area contributed by atoms with E-state index in [0.29, 0.717) is 5.75 Å². The molecular weight excluding hydrogens is 370 g/mol. The number of hydrogen-bond acceptors (Lipinski definition) is 4. The summed E-state index contributed by atoms with van der Waals surface area (Å²) in [6.45, 7) is 3.86. The van der Waals surface area contributed by atoms with Crippen LogP contribution in [0.2, 0.25) is 0 Å². The van der Waals surface area contributed by atoms with Crippen LogP contribution >= 0.6 is 0 Å². The molecule has 6 nitrogen and oxygen atoms in total. The van der Waals surface area contributed by atoms with E-state index in [9.17, 15) is 14.7 Å². The minimum Gasteiger partial charge on any atom is -0.496 e. The number of carbonyl (C=O) groups is 2. The summed E-state index contributed by atoms with van der Waals surface area (Å²) in [5, 5.41) is 12.2. The first-order chi connectivity index (χ1) is 13.9. The molecule has 0 bridgehead atoms. The smallest absolute Gasteiger partial charge is 0.333 e. The Morgan fingerprint density at radius 1 is 1.14 bits per heavy atom. The number of aliphatic carboxylic acids is 1. The highest BCUT2D eigenvalue weighted by molar-refractivity contribution is 5.91. The Bertz CT molecular complexity index is 846. The Morgan fingerprint density at radius 2 is 1.86 bits per heavy atom. The van der Waals surface area contributed by atoms with Crippen molar-refractivity contribution in [3.05, 3.63) is 71.3 Å². The summed E-state index contributed by atoms with van der Waals surface area (Å²) >= 11 is 0. The normalized spacial score (nSPS) is 12.1.